The molecule has 1 amide bonds. The highest BCUT2D eigenvalue weighted by Gasteiger charge is 2.36. The number of nitro benzene ring substituents is 1. The Bertz CT molecular complexity index is 1680. The molecule has 0 unspecified atom stereocenters. The Hall–Kier alpha value is -5.07. The predicted octanol–water partition coefficient (Wildman–Crippen LogP) is 5.70. The SMILES string of the molecule is COC(=O)[C@H](CCCNC(=O)OCc1ccccc1)N(Cc1ccc(-c2ccccc2)cc1)S(=O)(=O)c1ccc([N+](=O)[O-])cc1. The fraction of sp³-hybridized carbons (Fsp3) is 0.212. The van der Waals surface area contributed by atoms with E-state index in [4.69, 9.17) is 9.47 Å². The zero-order valence-electron chi connectivity index (χ0n) is 24.6. The molecule has 4 aromatic carbocycles. The number of ether oxygens (including phenoxy) is 2. The number of benzene rings is 4. The molecule has 0 bridgehead atoms. The molecule has 4 rings (SSSR count). The molecule has 234 valence electrons. The van der Waals surface area contributed by atoms with Crippen molar-refractivity contribution in [2.75, 3.05) is 13.7 Å². The van der Waals surface area contributed by atoms with Crippen molar-refractivity contribution in [2.24, 2.45) is 0 Å². The number of hydrogen-bond donors (Lipinski definition) is 1. The monoisotopic (exact) mass is 631 g/mol. The second-order valence-corrected chi connectivity index (χ2v) is 11.9. The van der Waals surface area contributed by atoms with Gasteiger partial charge in [-0.1, -0.05) is 84.9 Å². The second kappa shape index (κ2) is 15.6. The highest BCUT2D eigenvalue weighted by Crippen LogP contribution is 2.27. The fourth-order valence-electron chi connectivity index (χ4n) is 4.63. The van der Waals surface area contributed by atoms with Crippen LogP contribution >= 0.6 is 0 Å². The van der Waals surface area contributed by atoms with Crippen molar-refractivity contribution in [1.29, 1.82) is 0 Å². The minimum atomic E-state index is -4.35. The third-order valence-electron chi connectivity index (χ3n) is 7.01. The van der Waals surface area contributed by atoms with Crippen molar-refractivity contribution in [3.63, 3.8) is 0 Å². The molecule has 1 N–H and O–H groups in total. The molecule has 0 radical (unpaired) electrons. The first-order chi connectivity index (χ1) is 21.7. The van der Waals surface area contributed by atoms with Gasteiger partial charge in [-0.2, -0.15) is 4.31 Å². The molecule has 0 spiro atoms. The lowest BCUT2D eigenvalue weighted by atomic mass is 10.0. The second-order valence-electron chi connectivity index (χ2n) is 10.0. The summed E-state index contributed by atoms with van der Waals surface area (Å²) in [5.74, 6) is -0.784. The Labute approximate surface area is 261 Å². The lowest BCUT2D eigenvalue weighted by molar-refractivity contribution is -0.384. The molecule has 0 aliphatic rings. The number of nitrogens with zero attached hydrogens (tertiary/aromatic N) is 2. The van der Waals surface area contributed by atoms with E-state index in [-0.39, 0.29) is 43.1 Å². The topological polar surface area (TPSA) is 145 Å². The van der Waals surface area contributed by atoms with E-state index >= 15 is 0 Å². The van der Waals surface area contributed by atoms with Gasteiger partial charge < -0.3 is 14.8 Å². The quantitative estimate of drug-likeness (QED) is 0.0807. The number of carbonyl (C=O) groups is 2. The van der Waals surface area contributed by atoms with Crippen LogP contribution in [0.15, 0.2) is 114 Å². The van der Waals surface area contributed by atoms with Crippen LogP contribution in [0.3, 0.4) is 0 Å². The average molecular weight is 632 g/mol. The van der Waals surface area contributed by atoms with Crippen molar-refractivity contribution >= 4 is 27.8 Å². The first kappa shape index (κ1) is 32.8. The molecular weight excluding hydrogens is 598 g/mol. The number of amides is 1. The number of esters is 1. The molecule has 12 heteroatoms. The molecule has 0 aliphatic heterocycles. The number of sulfonamides is 1. The van der Waals surface area contributed by atoms with Crippen LogP contribution in [-0.4, -0.2) is 49.4 Å². The molecule has 4 aromatic rings. The maximum atomic E-state index is 14.0. The predicted molar refractivity (Wildman–Crippen MR) is 167 cm³/mol. The van der Waals surface area contributed by atoms with E-state index in [0.717, 1.165) is 45.3 Å². The molecule has 45 heavy (non-hydrogen) atoms. The molecule has 0 aliphatic carbocycles. The van der Waals surface area contributed by atoms with Gasteiger partial charge in [-0.3, -0.25) is 14.9 Å². The number of nitro groups is 1. The molecule has 0 fully saturated rings. The summed E-state index contributed by atoms with van der Waals surface area (Å²) < 4.78 is 39.2. The van der Waals surface area contributed by atoms with E-state index in [1.165, 1.54) is 7.11 Å². The van der Waals surface area contributed by atoms with Gasteiger partial charge in [0, 0.05) is 25.2 Å². The van der Waals surface area contributed by atoms with Crippen LogP contribution < -0.4 is 5.32 Å². The number of rotatable bonds is 14. The van der Waals surface area contributed by atoms with Gasteiger partial charge in [0.15, 0.2) is 0 Å². The first-order valence-electron chi connectivity index (χ1n) is 14.1. The summed E-state index contributed by atoms with van der Waals surface area (Å²) in [6.07, 6.45) is -0.415. The van der Waals surface area contributed by atoms with Gasteiger partial charge >= 0.3 is 12.1 Å². The van der Waals surface area contributed by atoms with E-state index in [1.54, 1.807) is 12.1 Å². The van der Waals surface area contributed by atoms with Crippen LogP contribution in [0.1, 0.15) is 24.0 Å². The zero-order chi connectivity index (χ0) is 32.2. The van der Waals surface area contributed by atoms with Crippen molar-refractivity contribution in [2.45, 2.75) is 36.9 Å². The maximum absolute atomic E-state index is 14.0. The lowest BCUT2D eigenvalue weighted by Crippen LogP contribution is -2.45. The molecular formula is C33H33N3O8S. The van der Waals surface area contributed by atoms with Crippen molar-refractivity contribution in [1.82, 2.24) is 9.62 Å². The van der Waals surface area contributed by atoms with Crippen LogP contribution in [-0.2, 0) is 37.4 Å². The lowest BCUT2D eigenvalue weighted by Gasteiger charge is -2.29. The van der Waals surface area contributed by atoms with Gasteiger partial charge in [-0.15, -0.1) is 0 Å². The third-order valence-corrected chi connectivity index (χ3v) is 8.88. The number of non-ortho nitro benzene ring substituents is 1. The van der Waals surface area contributed by atoms with Crippen LogP contribution in [0.2, 0.25) is 0 Å². The number of hydrogen-bond acceptors (Lipinski definition) is 8. The number of methoxy groups -OCH3 is 1. The van der Waals surface area contributed by atoms with Crippen LogP contribution in [0.5, 0.6) is 0 Å². The first-order valence-corrected chi connectivity index (χ1v) is 15.6. The van der Waals surface area contributed by atoms with E-state index < -0.39 is 33.1 Å². The van der Waals surface area contributed by atoms with Crippen LogP contribution in [0.25, 0.3) is 11.1 Å². The van der Waals surface area contributed by atoms with Crippen LogP contribution in [0, 0.1) is 10.1 Å². The highest BCUT2D eigenvalue weighted by molar-refractivity contribution is 7.89. The third kappa shape index (κ3) is 8.97. The van der Waals surface area contributed by atoms with Gasteiger partial charge in [-0.05, 0) is 47.2 Å². The van der Waals surface area contributed by atoms with E-state index in [1.807, 2.05) is 72.8 Å². The molecule has 11 nitrogen and oxygen atoms in total. The minimum Gasteiger partial charge on any atom is -0.468 e. The Morgan fingerprint density at radius 3 is 2.04 bits per heavy atom. The van der Waals surface area contributed by atoms with Gasteiger partial charge in [0.05, 0.1) is 16.9 Å². The summed E-state index contributed by atoms with van der Waals surface area (Å²) >= 11 is 0. The van der Waals surface area contributed by atoms with Gasteiger partial charge in [0.25, 0.3) is 5.69 Å². The summed E-state index contributed by atoms with van der Waals surface area (Å²) in [6.45, 7) is 0.0147. The fourth-order valence-corrected chi connectivity index (χ4v) is 6.22. The Balaban J connectivity index is 1.54. The van der Waals surface area contributed by atoms with E-state index in [9.17, 15) is 28.1 Å². The molecule has 0 saturated carbocycles. The summed E-state index contributed by atoms with van der Waals surface area (Å²) in [5, 5.41) is 13.8. The summed E-state index contributed by atoms with van der Waals surface area (Å²) in [6, 6.07) is 29.3. The number of alkyl carbamates (subject to hydrolysis) is 1. The number of nitrogens with one attached hydrogen (secondary N) is 1. The number of carbonyl (C=O) groups excluding carboxylic acids is 2. The average Bonchev–Trinajstić information content (AvgIpc) is 3.07. The minimum absolute atomic E-state index is 0.0138. The Morgan fingerprint density at radius 2 is 1.44 bits per heavy atom. The Morgan fingerprint density at radius 1 is 0.844 bits per heavy atom. The maximum Gasteiger partial charge on any atom is 0.407 e. The molecule has 0 aromatic heterocycles. The van der Waals surface area contributed by atoms with Crippen molar-refractivity contribution in [3.05, 3.63) is 130 Å². The Kier molecular flexibility index (Phi) is 11.4. The summed E-state index contributed by atoms with van der Waals surface area (Å²) in [5.41, 5.74) is 3.08. The van der Waals surface area contributed by atoms with Gasteiger partial charge in [-0.25, -0.2) is 13.2 Å². The summed E-state index contributed by atoms with van der Waals surface area (Å²) in [7, 11) is -3.19. The van der Waals surface area contributed by atoms with Gasteiger partial charge in [0.1, 0.15) is 12.6 Å². The van der Waals surface area contributed by atoms with Crippen molar-refractivity contribution < 1.29 is 32.4 Å². The van der Waals surface area contributed by atoms with E-state index in [2.05, 4.69) is 5.32 Å². The van der Waals surface area contributed by atoms with Gasteiger partial charge in [0.2, 0.25) is 10.0 Å². The largest absolute Gasteiger partial charge is 0.468 e. The van der Waals surface area contributed by atoms with Crippen LogP contribution in [0.4, 0.5) is 10.5 Å². The molecule has 0 heterocycles. The normalized spacial score (nSPS) is 11.9. The summed E-state index contributed by atoms with van der Waals surface area (Å²) in [4.78, 5) is 35.6. The zero-order valence-corrected chi connectivity index (χ0v) is 25.4. The smallest absolute Gasteiger partial charge is 0.407 e. The highest BCUT2D eigenvalue weighted by atomic mass is 32.2. The molecule has 0 saturated heterocycles. The molecule has 1 atom stereocenters. The standard InChI is InChI=1S/C33H33N3O8S/c1-43-32(37)31(13-8-22-34-33(38)44-24-26-9-4-2-5-10-26)35(45(41,42)30-20-18-29(19-21-30)36(39)40)23-25-14-16-28(17-15-25)27-11-6-3-7-12-27/h2-7,9-12,14-21,31H,8,13,22-24H2,1H3,(H,34,38)/t31-/m0/s1. The van der Waals surface area contributed by atoms with Crippen molar-refractivity contribution in [3.8, 4) is 11.1 Å². The van der Waals surface area contributed by atoms with E-state index in [0.29, 0.717) is 5.56 Å².